The Hall–Kier alpha value is -1.78. The van der Waals surface area contributed by atoms with Crippen molar-refractivity contribution in [2.24, 2.45) is 0 Å². The lowest BCUT2D eigenvalue weighted by Crippen LogP contribution is -2.13. The molecule has 1 aromatic heterocycles. The Labute approximate surface area is 91.5 Å². The molecule has 92 valence electrons. The molecule has 0 unspecified atom stereocenters. The number of aromatic nitrogens is 1. The van der Waals surface area contributed by atoms with Gasteiger partial charge >= 0.3 is 6.18 Å². The molecule has 0 bridgehead atoms. The van der Waals surface area contributed by atoms with Crippen LogP contribution in [0.3, 0.4) is 0 Å². The minimum absolute atomic E-state index is 0.254. The molecule has 0 atom stereocenters. The molecule has 0 fully saturated rings. The van der Waals surface area contributed by atoms with Crippen LogP contribution < -0.4 is 0 Å². The summed E-state index contributed by atoms with van der Waals surface area (Å²) < 4.78 is 74.6. The number of hydrogen-bond donors (Lipinski definition) is 0. The molecule has 0 amide bonds. The van der Waals surface area contributed by atoms with E-state index in [1.54, 1.807) is 0 Å². The fourth-order valence-electron chi connectivity index (χ4n) is 1.11. The predicted molar refractivity (Wildman–Crippen MR) is 43.5 cm³/mol. The zero-order chi connectivity index (χ0) is 13.2. The Kier molecular flexibility index (Phi) is 3.60. The summed E-state index contributed by atoms with van der Waals surface area (Å²) in [5.74, 6) is -1.57. The zero-order valence-electron chi connectivity index (χ0n) is 8.02. The van der Waals surface area contributed by atoms with Crippen molar-refractivity contribution in [1.29, 1.82) is 5.26 Å². The summed E-state index contributed by atoms with van der Waals surface area (Å²) in [5, 5.41) is 8.26. The Morgan fingerprint density at radius 2 is 1.94 bits per heavy atom. The van der Waals surface area contributed by atoms with Gasteiger partial charge in [0.1, 0.15) is 11.4 Å². The van der Waals surface area contributed by atoms with Crippen molar-refractivity contribution in [2.45, 2.75) is 19.0 Å². The lowest BCUT2D eigenvalue weighted by molar-refractivity contribution is -0.141. The lowest BCUT2D eigenvalue weighted by atomic mass is 10.1. The number of nitriles is 1. The molecule has 0 N–H and O–H groups in total. The quantitative estimate of drug-likeness (QED) is 0.759. The summed E-state index contributed by atoms with van der Waals surface area (Å²) in [7, 11) is 0. The summed E-state index contributed by atoms with van der Waals surface area (Å²) in [6.07, 6.45) is -9.19. The lowest BCUT2D eigenvalue weighted by Gasteiger charge is -2.11. The third-order valence-electron chi connectivity index (χ3n) is 1.83. The number of halogens is 6. The van der Waals surface area contributed by atoms with Gasteiger partial charge in [0.25, 0.3) is 6.43 Å². The first-order chi connectivity index (χ1) is 7.77. The first-order valence-electron chi connectivity index (χ1n) is 4.19. The van der Waals surface area contributed by atoms with Crippen LogP contribution in [0.4, 0.5) is 26.3 Å². The van der Waals surface area contributed by atoms with Crippen molar-refractivity contribution in [2.75, 3.05) is 0 Å². The molecule has 0 saturated carbocycles. The third-order valence-corrected chi connectivity index (χ3v) is 1.83. The maximum absolute atomic E-state index is 13.2. The first-order valence-corrected chi connectivity index (χ1v) is 4.19. The number of nitrogens with zero attached hydrogens (tertiary/aromatic N) is 2. The van der Waals surface area contributed by atoms with Crippen LogP contribution in [0.25, 0.3) is 0 Å². The third kappa shape index (κ3) is 2.87. The molecule has 0 radical (unpaired) electrons. The van der Waals surface area contributed by atoms with Crippen LogP contribution in [0, 0.1) is 17.1 Å². The average Bonchev–Trinajstić information content (AvgIpc) is 2.19. The normalized spacial score (nSPS) is 11.6. The number of pyridine rings is 1. The van der Waals surface area contributed by atoms with Gasteiger partial charge in [0.15, 0.2) is 5.82 Å². The van der Waals surface area contributed by atoms with E-state index in [0.717, 1.165) is 0 Å². The second-order valence-corrected chi connectivity index (χ2v) is 3.00. The monoisotopic (exact) mass is 254 g/mol. The fourth-order valence-corrected chi connectivity index (χ4v) is 1.11. The Morgan fingerprint density at radius 1 is 1.35 bits per heavy atom. The molecule has 0 aliphatic carbocycles. The molecule has 0 aliphatic heterocycles. The van der Waals surface area contributed by atoms with Crippen LogP contribution in [-0.2, 0) is 12.6 Å². The van der Waals surface area contributed by atoms with Crippen LogP contribution in [0.2, 0.25) is 0 Å². The van der Waals surface area contributed by atoms with Crippen molar-refractivity contribution in [3.8, 4) is 6.07 Å². The number of alkyl halides is 5. The summed E-state index contributed by atoms with van der Waals surface area (Å²) in [6.45, 7) is 0. The van der Waals surface area contributed by atoms with E-state index in [-0.39, 0.29) is 6.07 Å². The highest BCUT2D eigenvalue weighted by Crippen LogP contribution is 2.32. The molecule has 1 heterocycles. The van der Waals surface area contributed by atoms with Crippen LogP contribution in [0.1, 0.15) is 23.4 Å². The van der Waals surface area contributed by atoms with Crippen LogP contribution in [-0.4, -0.2) is 4.98 Å². The van der Waals surface area contributed by atoms with Crippen molar-refractivity contribution >= 4 is 0 Å². The molecule has 0 saturated heterocycles. The van der Waals surface area contributed by atoms with Gasteiger partial charge in [-0.05, 0) is 6.07 Å². The van der Waals surface area contributed by atoms with Gasteiger partial charge in [0, 0.05) is 5.56 Å². The van der Waals surface area contributed by atoms with E-state index in [1.165, 1.54) is 6.07 Å². The van der Waals surface area contributed by atoms with Gasteiger partial charge < -0.3 is 0 Å². The van der Waals surface area contributed by atoms with Crippen molar-refractivity contribution in [3.63, 3.8) is 0 Å². The summed E-state index contributed by atoms with van der Waals surface area (Å²) in [5.41, 5.74) is -3.98. The van der Waals surface area contributed by atoms with E-state index in [2.05, 4.69) is 4.98 Å². The van der Waals surface area contributed by atoms with Crippen LogP contribution in [0.15, 0.2) is 6.07 Å². The van der Waals surface area contributed by atoms with Gasteiger partial charge in [-0.15, -0.1) is 0 Å². The molecule has 2 nitrogen and oxygen atoms in total. The second-order valence-electron chi connectivity index (χ2n) is 3.00. The maximum Gasteiger partial charge on any atom is 0.433 e. The van der Waals surface area contributed by atoms with E-state index in [9.17, 15) is 26.3 Å². The van der Waals surface area contributed by atoms with E-state index < -0.39 is 41.8 Å². The second kappa shape index (κ2) is 4.61. The number of rotatable bonds is 2. The molecular formula is C9H4F6N2. The highest BCUT2D eigenvalue weighted by molar-refractivity contribution is 5.28. The molecule has 0 aromatic carbocycles. The van der Waals surface area contributed by atoms with E-state index in [0.29, 0.717) is 0 Å². The van der Waals surface area contributed by atoms with Gasteiger partial charge in [0.2, 0.25) is 0 Å². The predicted octanol–water partition coefficient (Wildman–Crippen LogP) is 3.24. The Bertz CT molecular complexity index is 460. The molecule has 0 spiro atoms. The van der Waals surface area contributed by atoms with Crippen molar-refractivity contribution in [3.05, 3.63) is 28.8 Å². The van der Waals surface area contributed by atoms with Crippen LogP contribution >= 0.6 is 0 Å². The van der Waals surface area contributed by atoms with Gasteiger partial charge in [-0.2, -0.15) is 18.4 Å². The van der Waals surface area contributed by atoms with Gasteiger partial charge in [-0.25, -0.2) is 18.2 Å². The highest BCUT2D eigenvalue weighted by atomic mass is 19.4. The SMILES string of the molecule is N#CCc1cc(C(F)(F)F)nc(C(F)F)c1F. The molecule has 0 aliphatic rings. The van der Waals surface area contributed by atoms with Crippen LogP contribution in [0.5, 0.6) is 0 Å². The maximum atomic E-state index is 13.2. The van der Waals surface area contributed by atoms with Gasteiger partial charge in [-0.1, -0.05) is 0 Å². The van der Waals surface area contributed by atoms with Gasteiger partial charge in [0.05, 0.1) is 12.5 Å². The first kappa shape index (κ1) is 13.3. The Morgan fingerprint density at radius 3 is 2.35 bits per heavy atom. The summed E-state index contributed by atoms with van der Waals surface area (Å²) in [6, 6.07) is 1.64. The van der Waals surface area contributed by atoms with E-state index in [4.69, 9.17) is 5.26 Å². The Balaban J connectivity index is 3.43. The topological polar surface area (TPSA) is 36.7 Å². The van der Waals surface area contributed by atoms with Crippen molar-refractivity contribution < 1.29 is 26.3 Å². The number of hydrogen-bond acceptors (Lipinski definition) is 2. The highest BCUT2D eigenvalue weighted by Gasteiger charge is 2.35. The fraction of sp³-hybridized carbons (Fsp3) is 0.333. The minimum Gasteiger partial charge on any atom is -0.239 e. The standard InChI is InChI=1S/C9H4F6N2/c10-6-4(1-2-16)3-5(9(13,14)15)17-7(6)8(11)12/h3,8H,1H2. The zero-order valence-corrected chi connectivity index (χ0v) is 8.02. The smallest absolute Gasteiger partial charge is 0.239 e. The van der Waals surface area contributed by atoms with Gasteiger partial charge in [-0.3, -0.25) is 0 Å². The largest absolute Gasteiger partial charge is 0.433 e. The van der Waals surface area contributed by atoms with E-state index in [1.807, 2.05) is 0 Å². The summed E-state index contributed by atoms with van der Waals surface area (Å²) >= 11 is 0. The minimum atomic E-state index is -4.97. The van der Waals surface area contributed by atoms with Crippen molar-refractivity contribution in [1.82, 2.24) is 4.98 Å². The molecule has 1 rings (SSSR count). The van der Waals surface area contributed by atoms with E-state index >= 15 is 0 Å². The molecular weight excluding hydrogens is 250 g/mol. The summed E-state index contributed by atoms with van der Waals surface area (Å²) in [4.78, 5) is 2.53. The molecule has 8 heteroatoms. The molecule has 1 aromatic rings. The average molecular weight is 254 g/mol. The molecule has 17 heavy (non-hydrogen) atoms.